The van der Waals surface area contributed by atoms with Gasteiger partial charge in [-0.3, -0.25) is 9.79 Å². The number of halogens is 1. The van der Waals surface area contributed by atoms with Crippen LogP contribution >= 0.6 is 35.3 Å². The molecule has 25 heavy (non-hydrogen) atoms. The molecule has 0 amide bonds. The van der Waals surface area contributed by atoms with Crippen LogP contribution in [0.5, 0.6) is 0 Å². The van der Waals surface area contributed by atoms with Crippen molar-refractivity contribution < 1.29 is 9.53 Å². The summed E-state index contributed by atoms with van der Waals surface area (Å²) in [6.45, 7) is 6.29. The van der Waals surface area contributed by atoms with E-state index in [1.54, 1.807) is 18.4 Å². The third-order valence-corrected chi connectivity index (χ3v) is 4.52. The molecule has 0 aliphatic rings. The summed E-state index contributed by atoms with van der Waals surface area (Å²) < 4.78 is 4.91. The van der Waals surface area contributed by atoms with Crippen molar-refractivity contribution in [3.05, 3.63) is 22.4 Å². The Hall–Kier alpha value is -0.830. The molecule has 144 valence electrons. The van der Waals surface area contributed by atoms with Gasteiger partial charge in [0.05, 0.1) is 6.61 Å². The first-order valence-electron chi connectivity index (χ1n) is 8.79. The number of aliphatic imine (C=N–C) groups is 1. The molecule has 5 nitrogen and oxygen atoms in total. The van der Waals surface area contributed by atoms with Crippen LogP contribution in [0.1, 0.15) is 57.4 Å². The van der Waals surface area contributed by atoms with Gasteiger partial charge in [0, 0.05) is 26.6 Å². The number of hydrogen-bond acceptors (Lipinski definition) is 4. The van der Waals surface area contributed by atoms with Crippen molar-refractivity contribution in [3.8, 4) is 0 Å². The first kappa shape index (κ1) is 24.2. The molecule has 0 radical (unpaired) electrons. The van der Waals surface area contributed by atoms with Crippen molar-refractivity contribution in [2.45, 2.75) is 51.9 Å². The largest absolute Gasteiger partial charge is 0.466 e. The zero-order chi connectivity index (χ0) is 17.6. The smallest absolute Gasteiger partial charge is 0.305 e. The molecule has 0 fully saturated rings. The highest BCUT2D eigenvalue weighted by Crippen LogP contribution is 2.16. The number of thiophene rings is 1. The molecule has 0 saturated heterocycles. The highest BCUT2D eigenvalue weighted by Gasteiger charge is 2.06. The van der Waals surface area contributed by atoms with E-state index in [-0.39, 0.29) is 29.9 Å². The number of rotatable bonds is 11. The Balaban J connectivity index is 0.00000576. The van der Waals surface area contributed by atoms with E-state index < -0.39 is 0 Å². The maximum absolute atomic E-state index is 11.2. The lowest BCUT2D eigenvalue weighted by molar-refractivity contribution is -0.143. The number of carbonyl (C=O) groups is 1. The number of ether oxygens (including phenoxy) is 1. The van der Waals surface area contributed by atoms with Crippen LogP contribution in [0.15, 0.2) is 21.8 Å². The Morgan fingerprint density at radius 2 is 2.04 bits per heavy atom. The Bertz CT molecular complexity index is 481. The third-order valence-electron chi connectivity index (χ3n) is 3.82. The van der Waals surface area contributed by atoms with Gasteiger partial charge in [0.2, 0.25) is 0 Å². The van der Waals surface area contributed by atoms with Gasteiger partial charge in [0.1, 0.15) is 0 Å². The van der Waals surface area contributed by atoms with Crippen LogP contribution < -0.4 is 10.6 Å². The maximum atomic E-state index is 11.2. The van der Waals surface area contributed by atoms with Crippen LogP contribution in [-0.2, 0) is 9.53 Å². The van der Waals surface area contributed by atoms with Gasteiger partial charge in [0.15, 0.2) is 5.96 Å². The number of guanidine groups is 1. The first-order chi connectivity index (χ1) is 11.7. The maximum Gasteiger partial charge on any atom is 0.305 e. The summed E-state index contributed by atoms with van der Waals surface area (Å²) in [5, 5.41) is 11.0. The second-order valence-electron chi connectivity index (χ2n) is 5.81. The van der Waals surface area contributed by atoms with Crippen LogP contribution in [0, 0.1) is 0 Å². The fourth-order valence-corrected chi connectivity index (χ4v) is 3.11. The number of hydrogen-bond donors (Lipinski definition) is 2. The molecule has 7 heteroatoms. The lowest BCUT2D eigenvalue weighted by Crippen LogP contribution is -2.39. The zero-order valence-electron chi connectivity index (χ0n) is 15.5. The van der Waals surface area contributed by atoms with Gasteiger partial charge in [-0.1, -0.05) is 19.8 Å². The average molecular weight is 481 g/mol. The molecule has 2 N–H and O–H groups in total. The van der Waals surface area contributed by atoms with E-state index in [2.05, 4.69) is 39.4 Å². The summed E-state index contributed by atoms with van der Waals surface area (Å²) in [4.78, 5) is 15.5. The van der Waals surface area contributed by atoms with Gasteiger partial charge in [0.25, 0.3) is 0 Å². The lowest BCUT2D eigenvalue weighted by atomic mass is 10.1. The summed E-state index contributed by atoms with van der Waals surface area (Å²) in [6.07, 6.45) is 4.68. The number of carbonyl (C=O) groups excluding carboxylic acids is 1. The monoisotopic (exact) mass is 481 g/mol. The van der Waals surface area contributed by atoms with Crippen molar-refractivity contribution in [2.75, 3.05) is 26.7 Å². The van der Waals surface area contributed by atoms with Gasteiger partial charge in [-0.15, -0.1) is 24.0 Å². The quantitative estimate of drug-likeness (QED) is 0.164. The highest BCUT2D eigenvalue weighted by molar-refractivity contribution is 14.0. The van der Waals surface area contributed by atoms with Crippen LogP contribution in [0.2, 0.25) is 0 Å². The molecule has 0 spiro atoms. The molecule has 0 aromatic carbocycles. The Morgan fingerprint density at radius 3 is 2.68 bits per heavy atom. The predicted molar refractivity (Wildman–Crippen MR) is 117 cm³/mol. The van der Waals surface area contributed by atoms with Gasteiger partial charge in [-0.05, 0) is 48.1 Å². The SMILES string of the molecule is CCOC(=O)CCCCCCNC(=NC)NCC(C)c1ccsc1.I. The molecule has 0 saturated carbocycles. The van der Waals surface area contributed by atoms with Gasteiger partial charge >= 0.3 is 5.97 Å². The fraction of sp³-hybridized carbons (Fsp3) is 0.667. The standard InChI is InChI=1S/C18H31N3O2S.HI/c1-4-23-17(22)9-7-5-6-8-11-20-18(19-3)21-13-15(2)16-10-12-24-14-16;/h10,12,14-15H,4-9,11,13H2,1-3H3,(H2,19,20,21);1H. The van der Waals surface area contributed by atoms with Crippen LogP contribution in [-0.4, -0.2) is 38.7 Å². The van der Waals surface area contributed by atoms with Crippen molar-refractivity contribution in [1.82, 2.24) is 10.6 Å². The number of nitrogens with zero attached hydrogens (tertiary/aromatic N) is 1. The van der Waals surface area contributed by atoms with Gasteiger partial charge < -0.3 is 15.4 Å². The molecular formula is C18H32IN3O2S. The number of esters is 1. The van der Waals surface area contributed by atoms with E-state index in [4.69, 9.17) is 4.74 Å². The summed E-state index contributed by atoms with van der Waals surface area (Å²) in [7, 11) is 1.80. The molecule has 0 aliphatic carbocycles. The second-order valence-corrected chi connectivity index (χ2v) is 6.59. The van der Waals surface area contributed by atoms with Gasteiger partial charge in [-0.25, -0.2) is 0 Å². The fourth-order valence-electron chi connectivity index (χ4n) is 2.33. The van der Waals surface area contributed by atoms with Crippen molar-refractivity contribution >= 4 is 47.2 Å². The van der Waals surface area contributed by atoms with E-state index in [1.165, 1.54) is 5.56 Å². The molecule has 1 aromatic heterocycles. The number of unbranched alkanes of at least 4 members (excludes halogenated alkanes) is 3. The Labute approximate surface area is 173 Å². The average Bonchev–Trinajstić information content (AvgIpc) is 3.11. The second kappa shape index (κ2) is 15.4. The minimum absolute atomic E-state index is 0. The minimum Gasteiger partial charge on any atom is -0.466 e. The normalized spacial score (nSPS) is 12.2. The third kappa shape index (κ3) is 11.4. The molecule has 1 rings (SSSR count). The first-order valence-corrected chi connectivity index (χ1v) is 9.73. The molecule has 0 aliphatic heterocycles. The lowest BCUT2D eigenvalue weighted by Gasteiger charge is -2.15. The van der Waals surface area contributed by atoms with Crippen LogP contribution in [0.4, 0.5) is 0 Å². The zero-order valence-corrected chi connectivity index (χ0v) is 18.7. The minimum atomic E-state index is -0.0834. The summed E-state index contributed by atoms with van der Waals surface area (Å²) in [6, 6.07) is 2.17. The van der Waals surface area contributed by atoms with E-state index in [1.807, 2.05) is 6.92 Å². The molecular weight excluding hydrogens is 449 g/mol. The molecule has 1 unspecified atom stereocenters. The predicted octanol–water partition coefficient (Wildman–Crippen LogP) is 4.15. The van der Waals surface area contributed by atoms with Crippen LogP contribution in [0.3, 0.4) is 0 Å². The Kier molecular flexibility index (Phi) is 14.9. The summed E-state index contributed by atoms with van der Waals surface area (Å²) in [5.41, 5.74) is 1.37. The van der Waals surface area contributed by atoms with E-state index in [0.717, 1.165) is 44.7 Å². The molecule has 0 bridgehead atoms. The summed E-state index contributed by atoms with van der Waals surface area (Å²) in [5.74, 6) is 1.24. The molecule has 1 aromatic rings. The Morgan fingerprint density at radius 1 is 1.28 bits per heavy atom. The summed E-state index contributed by atoms with van der Waals surface area (Å²) >= 11 is 1.73. The topological polar surface area (TPSA) is 62.7 Å². The van der Waals surface area contributed by atoms with Crippen molar-refractivity contribution in [3.63, 3.8) is 0 Å². The van der Waals surface area contributed by atoms with E-state index in [9.17, 15) is 4.79 Å². The number of nitrogens with one attached hydrogen (secondary N) is 2. The molecule has 1 atom stereocenters. The van der Waals surface area contributed by atoms with Crippen molar-refractivity contribution in [1.29, 1.82) is 0 Å². The van der Waals surface area contributed by atoms with Gasteiger partial charge in [-0.2, -0.15) is 11.3 Å². The highest BCUT2D eigenvalue weighted by atomic mass is 127. The van der Waals surface area contributed by atoms with E-state index in [0.29, 0.717) is 18.9 Å². The van der Waals surface area contributed by atoms with Crippen LogP contribution in [0.25, 0.3) is 0 Å². The van der Waals surface area contributed by atoms with E-state index >= 15 is 0 Å². The molecule has 1 heterocycles. The van der Waals surface area contributed by atoms with Crippen molar-refractivity contribution in [2.24, 2.45) is 4.99 Å².